The standard InChI is InChI=1S/C20H24N2O/c1-3-11-10-22-15-8-12(11)17-16(22)9-20(19(17)23)13-6-4-5-7-14(13)21(2)18(15)20/h3-7,12,15-19,23H,8-10H2,1-2H3. The van der Waals surface area contributed by atoms with Crippen molar-refractivity contribution >= 4 is 5.69 Å². The van der Waals surface area contributed by atoms with Gasteiger partial charge in [-0.05, 0) is 37.3 Å². The van der Waals surface area contributed by atoms with E-state index in [-0.39, 0.29) is 11.5 Å². The average Bonchev–Trinajstić information content (AvgIpc) is 2.98. The molecule has 5 fully saturated rings. The number of hydrogen-bond donors (Lipinski definition) is 1. The minimum atomic E-state index is -0.196. The van der Waals surface area contributed by atoms with E-state index < -0.39 is 0 Å². The number of hydrogen-bond acceptors (Lipinski definition) is 3. The minimum Gasteiger partial charge on any atom is -0.392 e. The van der Waals surface area contributed by atoms with Crippen LogP contribution in [-0.4, -0.2) is 47.8 Å². The van der Waals surface area contributed by atoms with E-state index in [9.17, 15) is 5.11 Å². The van der Waals surface area contributed by atoms with Gasteiger partial charge in [0.05, 0.1) is 12.1 Å². The number of nitrogens with zero attached hydrogens (tertiary/aromatic N) is 2. The molecule has 1 N–H and O–H groups in total. The average molecular weight is 308 g/mol. The summed E-state index contributed by atoms with van der Waals surface area (Å²) in [5.74, 6) is 1.05. The Morgan fingerprint density at radius 3 is 2.91 bits per heavy atom. The number of para-hydroxylation sites is 1. The summed E-state index contributed by atoms with van der Waals surface area (Å²) in [7, 11) is 2.25. The van der Waals surface area contributed by atoms with Gasteiger partial charge in [-0.15, -0.1) is 0 Å². The van der Waals surface area contributed by atoms with Crippen LogP contribution in [0.4, 0.5) is 5.69 Å². The summed E-state index contributed by atoms with van der Waals surface area (Å²) in [6.07, 6.45) is 4.51. The summed E-state index contributed by atoms with van der Waals surface area (Å²) in [4.78, 5) is 5.25. The lowest BCUT2D eigenvalue weighted by Crippen LogP contribution is -2.68. The van der Waals surface area contributed by atoms with Crippen LogP contribution in [0.2, 0.25) is 0 Å². The van der Waals surface area contributed by atoms with Gasteiger partial charge in [-0.1, -0.05) is 29.8 Å². The zero-order chi connectivity index (χ0) is 15.5. The summed E-state index contributed by atoms with van der Waals surface area (Å²) < 4.78 is 0. The van der Waals surface area contributed by atoms with Gasteiger partial charge >= 0.3 is 0 Å². The number of piperidine rings is 4. The molecule has 1 aromatic carbocycles. The Balaban J connectivity index is 1.62. The van der Waals surface area contributed by atoms with Gasteiger partial charge in [-0.25, -0.2) is 0 Å². The van der Waals surface area contributed by atoms with E-state index in [0.717, 1.165) is 13.0 Å². The normalized spacial score (nSPS) is 53.1. The van der Waals surface area contributed by atoms with Crippen molar-refractivity contribution in [2.24, 2.45) is 11.8 Å². The maximum absolute atomic E-state index is 11.6. The van der Waals surface area contributed by atoms with Gasteiger partial charge < -0.3 is 10.0 Å². The smallest absolute Gasteiger partial charge is 0.0707 e. The molecule has 0 radical (unpaired) electrons. The first-order valence-corrected chi connectivity index (χ1v) is 9.09. The third kappa shape index (κ3) is 1.17. The fourth-order valence-corrected chi connectivity index (χ4v) is 7.35. The molecule has 1 spiro atoms. The van der Waals surface area contributed by atoms with Crippen LogP contribution in [0, 0.1) is 11.8 Å². The fourth-order valence-electron chi connectivity index (χ4n) is 7.35. The van der Waals surface area contributed by atoms with E-state index in [4.69, 9.17) is 0 Å². The summed E-state index contributed by atoms with van der Waals surface area (Å²) >= 11 is 0. The predicted octanol–water partition coefficient (Wildman–Crippen LogP) is 2.16. The van der Waals surface area contributed by atoms with Gasteiger partial charge in [0.2, 0.25) is 0 Å². The molecule has 120 valence electrons. The monoisotopic (exact) mass is 308 g/mol. The number of anilines is 1. The molecule has 3 heteroatoms. The lowest BCUT2D eigenvalue weighted by atomic mass is 9.65. The van der Waals surface area contributed by atoms with Crippen molar-refractivity contribution in [1.82, 2.24) is 4.90 Å². The lowest BCUT2D eigenvalue weighted by Gasteiger charge is -2.58. The summed E-state index contributed by atoms with van der Waals surface area (Å²) in [5, 5.41) is 11.6. The highest BCUT2D eigenvalue weighted by Crippen LogP contribution is 2.67. The van der Waals surface area contributed by atoms with Gasteiger partial charge in [0.1, 0.15) is 0 Å². The van der Waals surface area contributed by atoms with E-state index in [2.05, 4.69) is 54.1 Å². The molecule has 5 heterocycles. The van der Waals surface area contributed by atoms with Crippen molar-refractivity contribution in [1.29, 1.82) is 0 Å². The summed E-state index contributed by atoms with van der Waals surface area (Å²) in [5.41, 5.74) is 4.32. The molecule has 5 bridgehead atoms. The highest BCUT2D eigenvalue weighted by molar-refractivity contribution is 5.67. The van der Waals surface area contributed by atoms with E-state index in [1.54, 1.807) is 5.57 Å². The fraction of sp³-hybridized carbons (Fsp3) is 0.600. The van der Waals surface area contributed by atoms with Crippen LogP contribution in [0.1, 0.15) is 25.3 Å². The number of aliphatic hydroxyl groups is 1. The highest BCUT2D eigenvalue weighted by Gasteiger charge is 2.74. The second kappa shape index (κ2) is 3.84. The third-order valence-electron chi connectivity index (χ3n) is 8.00. The Hall–Kier alpha value is -1.32. The number of fused-ring (bicyclic) bond motifs is 2. The van der Waals surface area contributed by atoms with Crippen molar-refractivity contribution < 1.29 is 5.11 Å². The van der Waals surface area contributed by atoms with E-state index >= 15 is 0 Å². The largest absolute Gasteiger partial charge is 0.392 e. The molecule has 4 saturated heterocycles. The van der Waals surface area contributed by atoms with Crippen molar-refractivity contribution in [3.8, 4) is 0 Å². The maximum atomic E-state index is 11.6. The molecule has 3 nitrogen and oxygen atoms in total. The first-order chi connectivity index (χ1) is 11.2. The third-order valence-corrected chi connectivity index (χ3v) is 8.00. The number of benzene rings is 1. The van der Waals surface area contributed by atoms with E-state index in [1.807, 2.05) is 0 Å². The topological polar surface area (TPSA) is 26.7 Å². The molecule has 0 amide bonds. The Labute approximate surface area is 137 Å². The van der Waals surface area contributed by atoms with Crippen LogP contribution in [-0.2, 0) is 5.41 Å². The quantitative estimate of drug-likeness (QED) is 0.744. The van der Waals surface area contributed by atoms with Crippen molar-refractivity contribution in [3.63, 3.8) is 0 Å². The Morgan fingerprint density at radius 1 is 1.26 bits per heavy atom. The Bertz CT molecular complexity index is 743. The van der Waals surface area contributed by atoms with Gasteiger partial charge in [-0.3, -0.25) is 4.90 Å². The number of likely N-dealkylation sites (N-methyl/N-ethyl adjacent to an activating group) is 1. The van der Waals surface area contributed by atoms with Gasteiger partial charge in [0.15, 0.2) is 0 Å². The van der Waals surface area contributed by atoms with Gasteiger partial charge in [0.25, 0.3) is 0 Å². The number of rotatable bonds is 0. The van der Waals surface area contributed by atoms with Crippen LogP contribution in [0.15, 0.2) is 35.9 Å². The number of aliphatic hydroxyl groups excluding tert-OH is 1. The van der Waals surface area contributed by atoms with Crippen LogP contribution < -0.4 is 4.90 Å². The predicted molar refractivity (Wildman–Crippen MR) is 90.6 cm³/mol. The molecular formula is C20H24N2O. The molecule has 1 saturated carbocycles. The first kappa shape index (κ1) is 13.0. The SMILES string of the molecule is CC=C1CN2C3CC45c6ccccc6N(C)C4C2CC1C3C5O. The second-order valence-electron chi connectivity index (χ2n) is 8.35. The lowest BCUT2D eigenvalue weighted by molar-refractivity contribution is -0.0345. The Kier molecular flexibility index (Phi) is 2.17. The van der Waals surface area contributed by atoms with Crippen LogP contribution in [0.3, 0.4) is 0 Å². The number of allylic oxidation sites excluding steroid dienone is 1. The van der Waals surface area contributed by atoms with Crippen LogP contribution in [0.5, 0.6) is 0 Å². The highest BCUT2D eigenvalue weighted by atomic mass is 16.3. The minimum absolute atomic E-state index is 0.0280. The summed E-state index contributed by atoms with van der Waals surface area (Å²) in [6.45, 7) is 3.31. The molecule has 1 aromatic rings. The van der Waals surface area contributed by atoms with Gasteiger partial charge in [-0.2, -0.15) is 0 Å². The van der Waals surface area contributed by atoms with Gasteiger partial charge in [0, 0.05) is 42.7 Å². The van der Waals surface area contributed by atoms with Crippen LogP contribution in [0.25, 0.3) is 0 Å². The molecule has 8 unspecified atom stereocenters. The van der Waals surface area contributed by atoms with Crippen molar-refractivity contribution in [3.05, 3.63) is 41.5 Å². The van der Waals surface area contributed by atoms with Crippen molar-refractivity contribution in [2.75, 3.05) is 18.5 Å². The summed E-state index contributed by atoms with van der Waals surface area (Å²) in [6, 6.07) is 10.5. The Morgan fingerprint density at radius 2 is 2.09 bits per heavy atom. The molecule has 6 aliphatic rings. The molecule has 7 rings (SSSR count). The molecule has 23 heavy (non-hydrogen) atoms. The van der Waals surface area contributed by atoms with E-state index in [1.165, 1.54) is 17.7 Å². The molecule has 1 aliphatic carbocycles. The maximum Gasteiger partial charge on any atom is 0.0707 e. The zero-order valence-electron chi connectivity index (χ0n) is 13.8. The first-order valence-electron chi connectivity index (χ1n) is 9.09. The molecule has 5 aliphatic heterocycles. The molecule has 8 atom stereocenters. The zero-order valence-corrected chi connectivity index (χ0v) is 13.8. The van der Waals surface area contributed by atoms with Crippen LogP contribution >= 0.6 is 0 Å². The van der Waals surface area contributed by atoms with E-state index in [0.29, 0.717) is 30.0 Å². The molecule has 0 aromatic heterocycles. The molecular weight excluding hydrogens is 284 g/mol. The second-order valence-corrected chi connectivity index (χ2v) is 8.35. The van der Waals surface area contributed by atoms with Crippen molar-refractivity contribution in [2.45, 2.75) is 49.4 Å².